The normalized spacial score (nSPS) is 14.2. The van der Waals surface area contributed by atoms with Crippen LogP contribution in [0.1, 0.15) is 53.9 Å². The predicted molar refractivity (Wildman–Crippen MR) is 75.2 cm³/mol. The van der Waals surface area contributed by atoms with E-state index in [2.05, 4.69) is 44.5 Å². The van der Waals surface area contributed by atoms with Crippen molar-refractivity contribution in [3.8, 4) is 0 Å². The predicted octanol–water partition coefficient (Wildman–Crippen LogP) is 3.81. The molecule has 0 heterocycles. The van der Waals surface area contributed by atoms with Crippen LogP contribution in [0.15, 0.2) is 16.4 Å². The van der Waals surface area contributed by atoms with Gasteiger partial charge < -0.3 is 4.74 Å². The monoisotopic (exact) mass is 240 g/mol. The average molecular weight is 240 g/mol. The first kappa shape index (κ1) is 16.2. The average Bonchev–Trinajstić information content (AvgIpc) is 2.34. The first-order valence-electron chi connectivity index (χ1n) is 6.64. The van der Waals surface area contributed by atoms with Crippen LogP contribution in [0.2, 0.25) is 0 Å². The van der Waals surface area contributed by atoms with E-state index >= 15 is 0 Å². The Morgan fingerprint density at radius 1 is 1.29 bits per heavy atom. The summed E-state index contributed by atoms with van der Waals surface area (Å²) < 4.78 is 5.39. The Balaban J connectivity index is 4.63. The fourth-order valence-corrected chi connectivity index (χ4v) is 1.87. The minimum atomic E-state index is 0.343. The van der Waals surface area contributed by atoms with E-state index in [1.807, 2.05) is 6.92 Å². The Hall–Kier alpha value is -0.830. The summed E-state index contributed by atoms with van der Waals surface area (Å²) in [7, 11) is 0. The Morgan fingerprint density at radius 3 is 2.35 bits per heavy atom. The highest BCUT2D eigenvalue weighted by atomic mass is 16.5. The molecule has 0 aliphatic heterocycles. The molecule has 0 radical (unpaired) electrons. The maximum Gasteiger partial charge on any atom is 0.0515 e. The van der Waals surface area contributed by atoms with Gasteiger partial charge in [0.2, 0.25) is 0 Å². The molecule has 0 saturated carbocycles. The Kier molecular flexibility index (Phi) is 8.78. The molecule has 0 fully saturated rings. The van der Waals surface area contributed by atoms with Gasteiger partial charge in [-0.2, -0.15) is 5.10 Å². The smallest absolute Gasteiger partial charge is 0.0515 e. The zero-order valence-corrected chi connectivity index (χ0v) is 12.1. The van der Waals surface area contributed by atoms with E-state index in [-0.39, 0.29) is 0 Å². The highest BCUT2D eigenvalue weighted by Gasteiger charge is 2.15. The quantitative estimate of drug-likeness (QED) is 0.348. The number of rotatable bonds is 9. The van der Waals surface area contributed by atoms with E-state index in [0.717, 1.165) is 32.5 Å². The van der Waals surface area contributed by atoms with Crippen molar-refractivity contribution >= 4 is 6.72 Å². The van der Waals surface area contributed by atoms with Crippen molar-refractivity contribution in [1.82, 2.24) is 5.01 Å². The van der Waals surface area contributed by atoms with Crippen LogP contribution < -0.4 is 0 Å². The molecule has 3 heteroatoms. The maximum atomic E-state index is 5.39. The molecule has 0 bridgehead atoms. The topological polar surface area (TPSA) is 24.8 Å². The van der Waals surface area contributed by atoms with Crippen LogP contribution in [0.4, 0.5) is 0 Å². The van der Waals surface area contributed by atoms with E-state index in [4.69, 9.17) is 4.74 Å². The zero-order valence-electron chi connectivity index (χ0n) is 12.1. The summed E-state index contributed by atoms with van der Waals surface area (Å²) in [5.41, 5.74) is 2.69. The highest BCUT2D eigenvalue weighted by Crippen LogP contribution is 2.21. The molecule has 0 N–H and O–H groups in total. The molecule has 1 atom stereocenters. The van der Waals surface area contributed by atoms with Crippen molar-refractivity contribution in [1.29, 1.82) is 0 Å². The van der Waals surface area contributed by atoms with E-state index in [1.165, 1.54) is 11.3 Å². The summed E-state index contributed by atoms with van der Waals surface area (Å²) in [5.74, 6) is 0. The third-order valence-corrected chi connectivity index (χ3v) is 3.09. The SMILES string of the molecule is C=NN(/C(CC)=C(\C)CC)C(C)CCOCC. The third kappa shape index (κ3) is 5.35. The summed E-state index contributed by atoms with van der Waals surface area (Å²) in [6.45, 7) is 16.0. The number of hydrazone groups is 1. The van der Waals surface area contributed by atoms with Gasteiger partial charge in [-0.25, -0.2) is 0 Å². The van der Waals surface area contributed by atoms with Gasteiger partial charge in [0.05, 0.1) is 6.04 Å². The molecule has 17 heavy (non-hydrogen) atoms. The second-order valence-corrected chi connectivity index (χ2v) is 4.25. The fraction of sp³-hybridized carbons (Fsp3) is 0.786. The van der Waals surface area contributed by atoms with Gasteiger partial charge in [0.1, 0.15) is 0 Å². The van der Waals surface area contributed by atoms with Gasteiger partial charge in [0, 0.05) is 25.6 Å². The Morgan fingerprint density at radius 2 is 1.94 bits per heavy atom. The number of nitrogens with zero attached hydrogens (tertiary/aromatic N) is 2. The van der Waals surface area contributed by atoms with Crippen LogP contribution in [0.5, 0.6) is 0 Å². The van der Waals surface area contributed by atoms with Crippen LogP contribution in [-0.4, -0.2) is 31.0 Å². The summed E-state index contributed by atoms with van der Waals surface area (Å²) in [4.78, 5) is 0. The largest absolute Gasteiger partial charge is 0.382 e. The molecule has 0 spiro atoms. The second kappa shape index (κ2) is 9.23. The van der Waals surface area contributed by atoms with E-state index in [0.29, 0.717) is 6.04 Å². The lowest BCUT2D eigenvalue weighted by Gasteiger charge is -2.29. The van der Waals surface area contributed by atoms with Crippen molar-refractivity contribution in [3.63, 3.8) is 0 Å². The number of hydrogen-bond acceptors (Lipinski definition) is 3. The molecule has 0 saturated heterocycles. The Labute approximate surface area is 107 Å². The van der Waals surface area contributed by atoms with Gasteiger partial charge in [0.25, 0.3) is 0 Å². The van der Waals surface area contributed by atoms with Crippen LogP contribution in [0.3, 0.4) is 0 Å². The number of ether oxygens (including phenoxy) is 1. The van der Waals surface area contributed by atoms with Crippen LogP contribution in [0.25, 0.3) is 0 Å². The van der Waals surface area contributed by atoms with Gasteiger partial charge in [-0.15, -0.1) is 0 Å². The summed E-state index contributed by atoms with van der Waals surface area (Å²) in [6, 6.07) is 0.343. The molecule has 0 aromatic carbocycles. The lowest BCUT2D eigenvalue weighted by atomic mass is 10.1. The van der Waals surface area contributed by atoms with Gasteiger partial charge in [-0.1, -0.05) is 19.4 Å². The van der Waals surface area contributed by atoms with Crippen LogP contribution >= 0.6 is 0 Å². The molecule has 3 nitrogen and oxygen atoms in total. The molecular formula is C14H28N2O. The van der Waals surface area contributed by atoms with Crippen LogP contribution in [0, 0.1) is 0 Å². The van der Waals surface area contributed by atoms with Gasteiger partial charge in [-0.3, -0.25) is 5.01 Å². The molecule has 100 valence electrons. The zero-order chi connectivity index (χ0) is 13.3. The first-order valence-corrected chi connectivity index (χ1v) is 6.64. The number of allylic oxidation sites excluding steroid dienone is 2. The van der Waals surface area contributed by atoms with Crippen molar-refractivity contribution < 1.29 is 4.74 Å². The van der Waals surface area contributed by atoms with Crippen molar-refractivity contribution in [2.24, 2.45) is 5.10 Å². The summed E-state index contributed by atoms with van der Waals surface area (Å²) in [5, 5.41) is 6.23. The Bertz CT molecular complexity index is 249. The van der Waals surface area contributed by atoms with Gasteiger partial charge in [0.15, 0.2) is 0 Å². The fourth-order valence-electron chi connectivity index (χ4n) is 1.87. The number of hydrogen-bond donors (Lipinski definition) is 0. The molecular weight excluding hydrogens is 212 g/mol. The van der Waals surface area contributed by atoms with Crippen LogP contribution in [-0.2, 0) is 4.74 Å². The highest BCUT2D eigenvalue weighted by molar-refractivity contribution is 5.24. The second-order valence-electron chi connectivity index (χ2n) is 4.25. The van der Waals surface area contributed by atoms with Gasteiger partial charge in [-0.05, 0) is 40.0 Å². The van der Waals surface area contributed by atoms with E-state index in [1.54, 1.807) is 0 Å². The molecule has 0 rings (SSSR count). The lowest BCUT2D eigenvalue weighted by molar-refractivity contribution is 0.120. The molecule has 0 aromatic heterocycles. The van der Waals surface area contributed by atoms with E-state index < -0.39 is 0 Å². The lowest BCUT2D eigenvalue weighted by Crippen LogP contribution is -2.29. The minimum Gasteiger partial charge on any atom is -0.382 e. The minimum absolute atomic E-state index is 0.343. The maximum absolute atomic E-state index is 5.39. The standard InChI is InChI=1S/C14H28N2O/c1-7-12(4)14(8-2)16(15-6)13(5)10-11-17-9-3/h13H,6-11H2,1-5H3/b14-12+. The molecule has 0 aliphatic rings. The van der Waals surface area contributed by atoms with Crippen molar-refractivity contribution in [2.45, 2.75) is 59.9 Å². The summed E-state index contributed by atoms with van der Waals surface area (Å²) >= 11 is 0. The third-order valence-electron chi connectivity index (χ3n) is 3.09. The molecule has 0 aliphatic carbocycles. The van der Waals surface area contributed by atoms with E-state index in [9.17, 15) is 0 Å². The summed E-state index contributed by atoms with van der Waals surface area (Å²) in [6.07, 6.45) is 3.04. The van der Waals surface area contributed by atoms with Crippen molar-refractivity contribution in [2.75, 3.05) is 13.2 Å². The molecule has 0 aromatic rings. The molecule has 0 amide bonds. The molecule has 1 unspecified atom stereocenters. The van der Waals surface area contributed by atoms with Gasteiger partial charge >= 0.3 is 0 Å². The first-order chi connectivity index (χ1) is 8.12. The van der Waals surface area contributed by atoms with Crippen molar-refractivity contribution in [3.05, 3.63) is 11.3 Å².